The summed E-state index contributed by atoms with van der Waals surface area (Å²) in [5, 5.41) is 0. The van der Waals surface area contributed by atoms with E-state index in [1.807, 2.05) is 35.2 Å². The Morgan fingerprint density at radius 3 is 2.33 bits per heavy atom. The van der Waals surface area contributed by atoms with E-state index in [4.69, 9.17) is 9.47 Å². The molecule has 0 N–H and O–H groups in total. The van der Waals surface area contributed by atoms with E-state index in [9.17, 15) is 9.59 Å². The summed E-state index contributed by atoms with van der Waals surface area (Å²) in [4.78, 5) is 29.5. The number of fused-ring (bicyclic) bond motifs is 2. The molecule has 2 aromatic rings. The van der Waals surface area contributed by atoms with Crippen molar-refractivity contribution in [1.29, 1.82) is 0 Å². The molecule has 0 unspecified atom stereocenters. The highest BCUT2D eigenvalue weighted by molar-refractivity contribution is 5.94. The van der Waals surface area contributed by atoms with Crippen molar-refractivity contribution in [2.45, 2.75) is 31.8 Å². The van der Waals surface area contributed by atoms with Gasteiger partial charge in [-0.2, -0.15) is 0 Å². The number of hydrogen-bond acceptors (Lipinski definition) is 4. The van der Waals surface area contributed by atoms with Crippen molar-refractivity contribution in [3.63, 3.8) is 0 Å². The second kappa shape index (κ2) is 8.01. The molecular formula is C24H26N2O4. The quantitative estimate of drug-likeness (QED) is 0.770. The lowest BCUT2D eigenvalue weighted by Gasteiger charge is -2.37. The first-order valence-electron chi connectivity index (χ1n) is 10.8. The average molecular weight is 406 g/mol. The first-order valence-corrected chi connectivity index (χ1v) is 10.8. The molecule has 0 spiro atoms. The minimum Gasteiger partial charge on any atom is -0.485 e. The topological polar surface area (TPSA) is 59.1 Å². The molecule has 1 saturated heterocycles. The van der Waals surface area contributed by atoms with Gasteiger partial charge in [-0.15, -0.1) is 0 Å². The van der Waals surface area contributed by atoms with Crippen molar-refractivity contribution in [2.24, 2.45) is 0 Å². The molecular weight excluding hydrogens is 380 g/mol. The number of para-hydroxylation sites is 2. The van der Waals surface area contributed by atoms with Crippen LogP contribution in [-0.4, -0.2) is 60.5 Å². The maximum atomic E-state index is 13.0. The van der Waals surface area contributed by atoms with E-state index in [2.05, 4.69) is 12.1 Å². The maximum absolute atomic E-state index is 13.0. The molecule has 5 rings (SSSR count). The number of benzene rings is 2. The second-order valence-electron chi connectivity index (χ2n) is 8.17. The number of ether oxygens (including phenoxy) is 2. The highest BCUT2D eigenvalue weighted by Gasteiger charge is 2.33. The van der Waals surface area contributed by atoms with Gasteiger partial charge in [0.15, 0.2) is 11.5 Å². The van der Waals surface area contributed by atoms with Gasteiger partial charge in [0.25, 0.3) is 11.8 Å². The predicted molar refractivity (Wildman–Crippen MR) is 112 cm³/mol. The fourth-order valence-electron chi connectivity index (χ4n) is 4.52. The fraction of sp³-hybridized carbons (Fsp3) is 0.417. The Kier molecular flexibility index (Phi) is 5.07. The zero-order chi connectivity index (χ0) is 20.5. The van der Waals surface area contributed by atoms with Crippen LogP contribution in [0.15, 0.2) is 42.5 Å². The van der Waals surface area contributed by atoms with Crippen LogP contribution < -0.4 is 9.47 Å². The van der Waals surface area contributed by atoms with Gasteiger partial charge in [-0.05, 0) is 61.1 Å². The van der Waals surface area contributed by atoms with Gasteiger partial charge in [-0.25, -0.2) is 0 Å². The van der Waals surface area contributed by atoms with E-state index in [-0.39, 0.29) is 18.4 Å². The van der Waals surface area contributed by atoms with E-state index in [0.717, 1.165) is 18.4 Å². The number of piperazine rings is 1. The number of amides is 2. The number of aryl methyl sites for hydroxylation is 2. The first kappa shape index (κ1) is 19.0. The SMILES string of the molecule is O=C(c1ccc2c(c1)CCCC2)N1CCN(C(=O)[C@@H]2COc3ccccc3O2)CC1. The molecule has 156 valence electrons. The van der Waals surface area contributed by atoms with Crippen molar-refractivity contribution in [2.75, 3.05) is 32.8 Å². The zero-order valence-electron chi connectivity index (χ0n) is 17.0. The lowest BCUT2D eigenvalue weighted by molar-refractivity contribution is -0.142. The molecule has 2 heterocycles. The molecule has 0 aromatic heterocycles. The molecule has 0 bridgehead atoms. The molecule has 0 saturated carbocycles. The van der Waals surface area contributed by atoms with Crippen LogP contribution in [0.3, 0.4) is 0 Å². The Morgan fingerprint density at radius 2 is 1.53 bits per heavy atom. The van der Waals surface area contributed by atoms with Gasteiger partial charge in [0.2, 0.25) is 6.10 Å². The van der Waals surface area contributed by atoms with Gasteiger partial charge in [0.1, 0.15) is 6.61 Å². The molecule has 6 heteroatoms. The van der Waals surface area contributed by atoms with Crippen LogP contribution in [0.1, 0.15) is 34.3 Å². The van der Waals surface area contributed by atoms with E-state index >= 15 is 0 Å². The molecule has 1 aliphatic carbocycles. The molecule has 3 aliphatic rings. The smallest absolute Gasteiger partial charge is 0.267 e. The maximum Gasteiger partial charge on any atom is 0.267 e. The fourth-order valence-corrected chi connectivity index (χ4v) is 4.52. The molecule has 2 amide bonds. The minimum atomic E-state index is -0.636. The second-order valence-corrected chi connectivity index (χ2v) is 8.17. The van der Waals surface area contributed by atoms with Crippen LogP contribution in [0.5, 0.6) is 11.5 Å². The van der Waals surface area contributed by atoms with Crippen LogP contribution >= 0.6 is 0 Å². The lowest BCUT2D eigenvalue weighted by atomic mass is 9.90. The third-order valence-electron chi connectivity index (χ3n) is 6.26. The standard InChI is InChI=1S/C24H26N2O4/c27-23(19-10-9-17-5-1-2-6-18(17)15-19)25-11-13-26(14-12-25)24(28)22-16-29-20-7-3-4-8-21(20)30-22/h3-4,7-10,15,22H,1-2,5-6,11-14,16H2/t22-/m0/s1. The highest BCUT2D eigenvalue weighted by atomic mass is 16.6. The third kappa shape index (κ3) is 3.62. The number of hydrogen-bond donors (Lipinski definition) is 0. The number of carbonyl (C=O) groups is 2. The minimum absolute atomic E-state index is 0.0571. The largest absolute Gasteiger partial charge is 0.485 e. The Hall–Kier alpha value is -3.02. The van der Waals surface area contributed by atoms with Crippen LogP contribution in [0.4, 0.5) is 0 Å². The van der Waals surface area contributed by atoms with Crippen molar-refractivity contribution in [3.05, 3.63) is 59.2 Å². The molecule has 2 aliphatic heterocycles. The van der Waals surface area contributed by atoms with Crippen molar-refractivity contribution < 1.29 is 19.1 Å². The number of carbonyl (C=O) groups excluding carboxylic acids is 2. The summed E-state index contributed by atoms with van der Waals surface area (Å²) in [7, 11) is 0. The highest BCUT2D eigenvalue weighted by Crippen LogP contribution is 2.31. The number of nitrogens with zero attached hydrogens (tertiary/aromatic N) is 2. The monoisotopic (exact) mass is 406 g/mol. The Labute approximate surface area is 176 Å². The van der Waals surface area contributed by atoms with Crippen LogP contribution in [0, 0.1) is 0 Å². The van der Waals surface area contributed by atoms with Crippen LogP contribution in [-0.2, 0) is 17.6 Å². The summed E-state index contributed by atoms with van der Waals surface area (Å²) in [6.07, 6.45) is 3.97. The molecule has 1 atom stereocenters. The third-order valence-corrected chi connectivity index (χ3v) is 6.26. The summed E-state index contributed by atoms with van der Waals surface area (Å²) >= 11 is 0. The van der Waals surface area contributed by atoms with Gasteiger partial charge in [0.05, 0.1) is 0 Å². The van der Waals surface area contributed by atoms with E-state index in [0.29, 0.717) is 37.7 Å². The number of rotatable bonds is 2. The van der Waals surface area contributed by atoms with E-state index in [1.165, 1.54) is 24.0 Å². The lowest BCUT2D eigenvalue weighted by Crippen LogP contribution is -2.55. The molecule has 1 fully saturated rings. The van der Waals surface area contributed by atoms with Gasteiger partial charge >= 0.3 is 0 Å². The predicted octanol–water partition coefficient (Wildman–Crippen LogP) is 2.69. The Bertz CT molecular complexity index is 965. The summed E-state index contributed by atoms with van der Waals surface area (Å²) in [6.45, 7) is 2.30. The summed E-state index contributed by atoms with van der Waals surface area (Å²) < 4.78 is 11.5. The van der Waals surface area contributed by atoms with Crippen LogP contribution in [0.25, 0.3) is 0 Å². The van der Waals surface area contributed by atoms with Gasteiger partial charge in [-0.1, -0.05) is 18.2 Å². The molecule has 30 heavy (non-hydrogen) atoms. The van der Waals surface area contributed by atoms with Crippen molar-refractivity contribution in [1.82, 2.24) is 9.80 Å². The Balaban J connectivity index is 1.19. The summed E-state index contributed by atoms with van der Waals surface area (Å²) in [5.74, 6) is 1.25. The Morgan fingerprint density at radius 1 is 0.833 bits per heavy atom. The van der Waals surface area contributed by atoms with Crippen molar-refractivity contribution >= 4 is 11.8 Å². The molecule has 6 nitrogen and oxygen atoms in total. The van der Waals surface area contributed by atoms with Gasteiger partial charge in [0, 0.05) is 31.7 Å². The van der Waals surface area contributed by atoms with Gasteiger partial charge < -0.3 is 19.3 Å². The van der Waals surface area contributed by atoms with Crippen molar-refractivity contribution in [3.8, 4) is 11.5 Å². The van der Waals surface area contributed by atoms with E-state index in [1.54, 1.807) is 4.90 Å². The van der Waals surface area contributed by atoms with Crippen LogP contribution in [0.2, 0.25) is 0 Å². The normalized spacial score (nSPS) is 20.5. The van der Waals surface area contributed by atoms with Gasteiger partial charge in [-0.3, -0.25) is 9.59 Å². The zero-order valence-corrected chi connectivity index (χ0v) is 17.0. The molecule has 0 radical (unpaired) electrons. The summed E-state index contributed by atoms with van der Waals surface area (Å²) in [5.41, 5.74) is 3.45. The average Bonchev–Trinajstić information content (AvgIpc) is 2.82. The molecule has 2 aromatic carbocycles. The van der Waals surface area contributed by atoms with E-state index < -0.39 is 6.10 Å². The first-order chi connectivity index (χ1) is 14.7. The summed E-state index contributed by atoms with van der Waals surface area (Å²) in [6, 6.07) is 13.5.